The van der Waals surface area contributed by atoms with Crippen LogP contribution >= 0.6 is 0 Å². The van der Waals surface area contributed by atoms with Crippen LogP contribution in [0.15, 0.2) is 18.5 Å². The lowest BCUT2D eigenvalue weighted by molar-refractivity contribution is 0.0962. The SMILES string of the molecule is CNC(=O)c1cncc(C(N)=O)c1. The maximum absolute atomic E-state index is 11.1. The van der Waals surface area contributed by atoms with E-state index in [4.69, 9.17) is 5.73 Å². The smallest absolute Gasteiger partial charge is 0.252 e. The summed E-state index contributed by atoms with van der Waals surface area (Å²) in [5, 5.41) is 2.42. The van der Waals surface area contributed by atoms with Gasteiger partial charge in [-0.25, -0.2) is 0 Å². The molecule has 1 aromatic heterocycles. The Morgan fingerprint density at radius 2 is 2.00 bits per heavy atom. The summed E-state index contributed by atoms with van der Waals surface area (Å²) in [6, 6.07) is 1.40. The molecular weight excluding hydrogens is 170 g/mol. The maximum atomic E-state index is 11.1. The van der Waals surface area contributed by atoms with Crippen LogP contribution in [0, 0.1) is 0 Å². The largest absolute Gasteiger partial charge is 0.366 e. The predicted octanol–water partition coefficient (Wildman–Crippen LogP) is -0.460. The Kier molecular flexibility index (Phi) is 2.59. The van der Waals surface area contributed by atoms with Crippen LogP contribution in [-0.4, -0.2) is 23.8 Å². The predicted molar refractivity (Wildman–Crippen MR) is 46.1 cm³/mol. The molecule has 0 unspecified atom stereocenters. The molecule has 0 saturated carbocycles. The van der Waals surface area contributed by atoms with Crippen molar-refractivity contribution < 1.29 is 9.59 Å². The van der Waals surface area contributed by atoms with Gasteiger partial charge in [0.05, 0.1) is 11.1 Å². The highest BCUT2D eigenvalue weighted by molar-refractivity contribution is 5.98. The number of pyridine rings is 1. The van der Waals surface area contributed by atoms with E-state index in [-0.39, 0.29) is 11.5 Å². The molecule has 0 aliphatic carbocycles. The molecule has 0 aromatic carbocycles. The van der Waals surface area contributed by atoms with E-state index in [1.807, 2.05) is 0 Å². The molecule has 0 radical (unpaired) electrons. The summed E-state index contributed by atoms with van der Waals surface area (Å²) < 4.78 is 0. The first-order chi connectivity index (χ1) is 6.15. The van der Waals surface area contributed by atoms with Crippen molar-refractivity contribution in [3.8, 4) is 0 Å². The second kappa shape index (κ2) is 3.66. The summed E-state index contributed by atoms with van der Waals surface area (Å²) in [4.78, 5) is 25.5. The van der Waals surface area contributed by atoms with E-state index >= 15 is 0 Å². The third-order valence-electron chi connectivity index (χ3n) is 1.51. The van der Waals surface area contributed by atoms with E-state index in [0.717, 1.165) is 0 Å². The molecule has 0 bridgehead atoms. The van der Waals surface area contributed by atoms with E-state index in [2.05, 4.69) is 10.3 Å². The molecule has 0 spiro atoms. The molecule has 0 aliphatic heterocycles. The number of hydrogen-bond donors (Lipinski definition) is 2. The second-order valence-electron chi connectivity index (χ2n) is 2.41. The zero-order valence-electron chi connectivity index (χ0n) is 7.07. The highest BCUT2D eigenvalue weighted by atomic mass is 16.2. The number of carbonyl (C=O) groups excluding carboxylic acids is 2. The van der Waals surface area contributed by atoms with Crippen LogP contribution in [0.5, 0.6) is 0 Å². The molecule has 1 aromatic rings. The van der Waals surface area contributed by atoms with Crippen LogP contribution in [0.2, 0.25) is 0 Å². The van der Waals surface area contributed by atoms with Gasteiger partial charge in [-0.05, 0) is 6.07 Å². The lowest BCUT2D eigenvalue weighted by Crippen LogP contribution is -2.19. The number of rotatable bonds is 2. The summed E-state index contributed by atoms with van der Waals surface area (Å²) >= 11 is 0. The molecule has 0 saturated heterocycles. The van der Waals surface area contributed by atoms with Gasteiger partial charge in [0.1, 0.15) is 0 Å². The number of carbonyl (C=O) groups is 2. The van der Waals surface area contributed by atoms with Crippen molar-refractivity contribution >= 4 is 11.8 Å². The van der Waals surface area contributed by atoms with Gasteiger partial charge in [-0.1, -0.05) is 0 Å². The summed E-state index contributed by atoms with van der Waals surface area (Å²) in [6.45, 7) is 0. The Balaban J connectivity index is 3.05. The van der Waals surface area contributed by atoms with Crippen molar-refractivity contribution in [3.05, 3.63) is 29.6 Å². The summed E-state index contributed by atoms with van der Waals surface area (Å²) in [5.74, 6) is -0.895. The van der Waals surface area contributed by atoms with Crippen molar-refractivity contribution in [3.63, 3.8) is 0 Å². The van der Waals surface area contributed by atoms with Gasteiger partial charge >= 0.3 is 0 Å². The fourth-order valence-electron chi connectivity index (χ4n) is 0.843. The molecule has 68 valence electrons. The van der Waals surface area contributed by atoms with Crippen LogP contribution in [0.3, 0.4) is 0 Å². The van der Waals surface area contributed by atoms with Gasteiger partial charge in [-0.3, -0.25) is 14.6 Å². The molecular formula is C8H9N3O2. The molecule has 5 heteroatoms. The first kappa shape index (κ1) is 9.18. The molecule has 0 aliphatic rings. The Bertz CT molecular complexity index is 349. The third-order valence-corrected chi connectivity index (χ3v) is 1.51. The number of hydrogen-bond acceptors (Lipinski definition) is 3. The minimum Gasteiger partial charge on any atom is -0.366 e. The maximum Gasteiger partial charge on any atom is 0.252 e. The quantitative estimate of drug-likeness (QED) is 0.644. The average Bonchev–Trinajstić information content (AvgIpc) is 2.17. The van der Waals surface area contributed by atoms with Crippen molar-refractivity contribution in [2.24, 2.45) is 5.73 Å². The first-order valence-corrected chi connectivity index (χ1v) is 3.62. The monoisotopic (exact) mass is 179 g/mol. The minimum atomic E-state index is -0.599. The number of aromatic nitrogens is 1. The summed E-state index contributed by atoms with van der Waals surface area (Å²) in [6.07, 6.45) is 2.68. The number of primary amides is 1. The van der Waals surface area contributed by atoms with E-state index in [1.54, 1.807) is 0 Å². The molecule has 1 rings (SSSR count). The van der Waals surface area contributed by atoms with Crippen LogP contribution in [0.25, 0.3) is 0 Å². The van der Waals surface area contributed by atoms with Gasteiger partial charge in [0, 0.05) is 19.4 Å². The second-order valence-corrected chi connectivity index (χ2v) is 2.41. The van der Waals surface area contributed by atoms with Crippen molar-refractivity contribution in [1.29, 1.82) is 0 Å². The van der Waals surface area contributed by atoms with Crippen molar-refractivity contribution in [2.75, 3.05) is 7.05 Å². The van der Waals surface area contributed by atoms with E-state index in [1.165, 1.54) is 25.5 Å². The van der Waals surface area contributed by atoms with Gasteiger partial charge in [-0.15, -0.1) is 0 Å². The first-order valence-electron chi connectivity index (χ1n) is 3.62. The summed E-state index contributed by atoms with van der Waals surface area (Å²) in [7, 11) is 1.50. The van der Waals surface area contributed by atoms with Crippen molar-refractivity contribution in [2.45, 2.75) is 0 Å². The fraction of sp³-hybridized carbons (Fsp3) is 0.125. The lowest BCUT2D eigenvalue weighted by Gasteiger charge is -1.99. The molecule has 0 atom stereocenters. The van der Waals surface area contributed by atoms with Crippen LogP contribution in [-0.2, 0) is 0 Å². The van der Waals surface area contributed by atoms with Gasteiger partial charge < -0.3 is 11.1 Å². The van der Waals surface area contributed by atoms with Crippen LogP contribution in [0.4, 0.5) is 0 Å². The molecule has 2 amide bonds. The number of nitrogens with zero attached hydrogens (tertiary/aromatic N) is 1. The molecule has 13 heavy (non-hydrogen) atoms. The molecule has 5 nitrogen and oxygen atoms in total. The van der Waals surface area contributed by atoms with E-state index < -0.39 is 5.91 Å². The Labute approximate surface area is 75.0 Å². The van der Waals surface area contributed by atoms with Crippen molar-refractivity contribution in [1.82, 2.24) is 10.3 Å². The van der Waals surface area contributed by atoms with E-state index in [0.29, 0.717) is 5.56 Å². The number of nitrogens with two attached hydrogens (primary N) is 1. The highest BCUT2D eigenvalue weighted by Gasteiger charge is 2.06. The number of nitrogens with one attached hydrogen (secondary N) is 1. The molecule has 3 N–H and O–H groups in total. The normalized spacial score (nSPS) is 9.31. The van der Waals surface area contributed by atoms with Gasteiger partial charge in [0.25, 0.3) is 5.91 Å². The zero-order valence-corrected chi connectivity index (χ0v) is 7.07. The number of amides is 2. The lowest BCUT2D eigenvalue weighted by atomic mass is 10.2. The van der Waals surface area contributed by atoms with Crippen LogP contribution < -0.4 is 11.1 Å². The van der Waals surface area contributed by atoms with Gasteiger partial charge in [-0.2, -0.15) is 0 Å². The average molecular weight is 179 g/mol. The standard InChI is InChI=1S/C8H9N3O2/c1-10-8(13)6-2-5(7(9)12)3-11-4-6/h2-4H,1H3,(H2,9,12)(H,10,13). The minimum absolute atomic E-state index is 0.223. The Morgan fingerprint density at radius 3 is 2.54 bits per heavy atom. The fourth-order valence-corrected chi connectivity index (χ4v) is 0.843. The zero-order chi connectivity index (χ0) is 9.84. The van der Waals surface area contributed by atoms with Crippen LogP contribution in [0.1, 0.15) is 20.7 Å². The van der Waals surface area contributed by atoms with Gasteiger partial charge in [0.15, 0.2) is 0 Å². The molecule has 1 heterocycles. The van der Waals surface area contributed by atoms with Gasteiger partial charge in [0.2, 0.25) is 5.91 Å². The topological polar surface area (TPSA) is 85.1 Å². The summed E-state index contributed by atoms with van der Waals surface area (Å²) in [5.41, 5.74) is 5.56. The molecule has 0 fully saturated rings. The highest BCUT2D eigenvalue weighted by Crippen LogP contribution is 2.01. The Morgan fingerprint density at radius 1 is 1.38 bits per heavy atom. The Hall–Kier alpha value is -1.91. The van der Waals surface area contributed by atoms with E-state index in [9.17, 15) is 9.59 Å². The third kappa shape index (κ3) is 2.02.